The topological polar surface area (TPSA) is 110 Å². The van der Waals surface area contributed by atoms with Crippen LogP contribution in [0, 0.1) is 0 Å². The van der Waals surface area contributed by atoms with Gasteiger partial charge in [-0.15, -0.1) is 0 Å². The van der Waals surface area contributed by atoms with Gasteiger partial charge in [0.05, 0.1) is 24.1 Å². The highest BCUT2D eigenvalue weighted by Gasteiger charge is 2.53. The number of halogens is 3. The molecule has 2 aromatic rings. The summed E-state index contributed by atoms with van der Waals surface area (Å²) in [5.41, 5.74) is -0.453. The van der Waals surface area contributed by atoms with E-state index in [4.69, 9.17) is 0 Å². The van der Waals surface area contributed by atoms with Crippen molar-refractivity contribution in [3.63, 3.8) is 0 Å². The SMILES string of the molecule is Cn1nc(C(F)F)cc1S(=O)(=O)C(C)(F)C1CCCCN1C(=O)Nc1ccnnc1. The molecule has 0 spiro atoms. The largest absolute Gasteiger partial charge is 0.322 e. The quantitative estimate of drug-likeness (QED) is 0.756. The van der Waals surface area contributed by atoms with Crippen LogP contribution in [0.5, 0.6) is 0 Å². The highest BCUT2D eigenvalue weighted by atomic mass is 32.2. The normalized spacial score (nSPS) is 19.5. The van der Waals surface area contributed by atoms with Crippen molar-refractivity contribution >= 4 is 21.6 Å². The first-order chi connectivity index (χ1) is 14.1. The number of piperidine rings is 1. The summed E-state index contributed by atoms with van der Waals surface area (Å²) in [6, 6.07) is 0.130. The number of hydrogen-bond acceptors (Lipinski definition) is 6. The Morgan fingerprint density at radius 2 is 2.07 bits per heavy atom. The van der Waals surface area contributed by atoms with E-state index in [-0.39, 0.29) is 13.0 Å². The predicted molar refractivity (Wildman–Crippen MR) is 100 cm³/mol. The molecule has 1 saturated heterocycles. The number of nitrogens with one attached hydrogen (secondary N) is 1. The molecule has 1 aliphatic heterocycles. The van der Waals surface area contributed by atoms with Crippen LogP contribution in [0.3, 0.4) is 0 Å². The Bertz CT molecular complexity index is 1010. The molecule has 0 aliphatic carbocycles. The van der Waals surface area contributed by atoms with Crippen LogP contribution in [0.1, 0.15) is 38.3 Å². The number of alkyl halides is 3. The summed E-state index contributed by atoms with van der Waals surface area (Å²) >= 11 is 0. The van der Waals surface area contributed by atoms with E-state index >= 15 is 4.39 Å². The Morgan fingerprint density at radius 3 is 2.67 bits per heavy atom. The van der Waals surface area contributed by atoms with Crippen LogP contribution < -0.4 is 5.32 Å². The van der Waals surface area contributed by atoms with Gasteiger partial charge in [-0.1, -0.05) is 0 Å². The van der Waals surface area contributed by atoms with Crippen LogP contribution in [-0.2, 0) is 16.9 Å². The van der Waals surface area contributed by atoms with Crippen LogP contribution in [0.2, 0.25) is 0 Å². The molecule has 30 heavy (non-hydrogen) atoms. The average Bonchev–Trinajstić information content (AvgIpc) is 3.11. The lowest BCUT2D eigenvalue weighted by Crippen LogP contribution is -2.57. The van der Waals surface area contributed by atoms with E-state index in [1.54, 1.807) is 0 Å². The lowest BCUT2D eigenvalue weighted by molar-refractivity contribution is 0.0881. The molecule has 0 radical (unpaired) electrons. The van der Waals surface area contributed by atoms with E-state index in [0.717, 1.165) is 18.9 Å². The predicted octanol–water partition coefficient (Wildman–Crippen LogP) is 2.69. The van der Waals surface area contributed by atoms with Crippen molar-refractivity contribution in [2.24, 2.45) is 7.05 Å². The summed E-state index contributed by atoms with van der Waals surface area (Å²) in [5.74, 6) is 0. The van der Waals surface area contributed by atoms with Crippen molar-refractivity contribution in [3.8, 4) is 0 Å². The highest BCUT2D eigenvalue weighted by Crippen LogP contribution is 2.38. The van der Waals surface area contributed by atoms with E-state index < -0.39 is 44.1 Å². The van der Waals surface area contributed by atoms with Crippen LogP contribution in [0.25, 0.3) is 0 Å². The lowest BCUT2D eigenvalue weighted by Gasteiger charge is -2.41. The minimum Gasteiger partial charge on any atom is -0.317 e. The maximum atomic E-state index is 15.9. The number of aryl methyl sites for hydroxylation is 1. The molecule has 1 N–H and O–H groups in total. The Morgan fingerprint density at radius 1 is 1.33 bits per heavy atom. The molecule has 2 amide bonds. The second-order valence-electron chi connectivity index (χ2n) is 7.09. The highest BCUT2D eigenvalue weighted by molar-refractivity contribution is 7.92. The number of aromatic nitrogens is 4. The Hall–Kier alpha value is -2.70. The second-order valence-corrected chi connectivity index (χ2v) is 9.31. The molecule has 13 heteroatoms. The Balaban J connectivity index is 1.92. The van der Waals surface area contributed by atoms with E-state index in [1.165, 1.54) is 18.5 Å². The van der Waals surface area contributed by atoms with E-state index in [0.29, 0.717) is 29.3 Å². The summed E-state index contributed by atoms with van der Waals surface area (Å²) in [7, 11) is -3.61. The Labute approximate surface area is 171 Å². The van der Waals surface area contributed by atoms with E-state index in [2.05, 4.69) is 20.6 Å². The molecule has 2 unspecified atom stereocenters. The molecule has 2 aromatic heterocycles. The standard InChI is InChI=1S/C17H21F3N6O3S/c1-17(20,30(28,29)14-9-12(15(18)19)24-25(14)2)13-5-3-4-8-26(13)16(27)23-11-6-7-21-22-10-11/h6-7,9-10,13,15H,3-5,8H2,1-2H3,(H,21,23,27). The van der Waals surface area contributed by atoms with E-state index in [1.807, 2.05) is 0 Å². The third-order valence-electron chi connectivity index (χ3n) is 5.07. The zero-order valence-corrected chi connectivity index (χ0v) is 17.1. The third kappa shape index (κ3) is 3.98. The van der Waals surface area contributed by atoms with Crippen molar-refractivity contribution in [1.82, 2.24) is 24.9 Å². The zero-order chi connectivity index (χ0) is 22.1. The van der Waals surface area contributed by atoms with Crippen molar-refractivity contribution in [2.45, 2.75) is 48.7 Å². The summed E-state index contributed by atoms with van der Waals surface area (Å²) < 4.78 is 68.7. The fourth-order valence-corrected chi connectivity index (χ4v) is 5.16. The first kappa shape index (κ1) is 22.0. The minimum atomic E-state index is -4.76. The fourth-order valence-electron chi connectivity index (χ4n) is 3.48. The molecule has 0 saturated carbocycles. The molecule has 1 aliphatic rings. The van der Waals surface area contributed by atoms with Gasteiger partial charge in [-0.2, -0.15) is 15.3 Å². The van der Waals surface area contributed by atoms with Crippen LogP contribution in [-0.4, -0.2) is 56.9 Å². The lowest BCUT2D eigenvalue weighted by atomic mass is 9.99. The van der Waals surface area contributed by atoms with Gasteiger partial charge in [0.2, 0.25) is 14.8 Å². The third-order valence-corrected chi connectivity index (χ3v) is 7.33. The monoisotopic (exact) mass is 446 g/mol. The number of urea groups is 1. The number of nitrogens with zero attached hydrogens (tertiary/aromatic N) is 5. The molecular weight excluding hydrogens is 425 g/mol. The van der Waals surface area contributed by atoms with Crippen LogP contribution in [0.4, 0.5) is 23.7 Å². The van der Waals surface area contributed by atoms with Gasteiger partial charge in [-0.05, 0) is 32.3 Å². The number of anilines is 1. The van der Waals surface area contributed by atoms with Gasteiger partial charge >= 0.3 is 6.03 Å². The first-order valence-corrected chi connectivity index (χ1v) is 10.6. The fraction of sp³-hybridized carbons (Fsp3) is 0.529. The number of amides is 2. The van der Waals surface area contributed by atoms with Gasteiger partial charge in [-0.3, -0.25) is 4.68 Å². The number of hydrogen-bond donors (Lipinski definition) is 1. The van der Waals surface area contributed by atoms with Gasteiger partial charge in [-0.25, -0.2) is 26.4 Å². The number of rotatable bonds is 5. The first-order valence-electron chi connectivity index (χ1n) is 9.15. The molecule has 164 valence electrons. The zero-order valence-electron chi connectivity index (χ0n) is 16.3. The van der Waals surface area contributed by atoms with Gasteiger partial charge in [0, 0.05) is 19.7 Å². The van der Waals surface area contributed by atoms with Crippen molar-refractivity contribution < 1.29 is 26.4 Å². The second kappa shape index (κ2) is 8.20. The van der Waals surface area contributed by atoms with Crippen molar-refractivity contribution in [2.75, 3.05) is 11.9 Å². The summed E-state index contributed by atoms with van der Waals surface area (Å²) in [4.78, 5) is 13.9. The summed E-state index contributed by atoms with van der Waals surface area (Å²) in [6.45, 7) is 0.985. The van der Waals surface area contributed by atoms with Gasteiger partial charge < -0.3 is 10.2 Å². The molecule has 0 bridgehead atoms. The van der Waals surface area contributed by atoms with Crippen LogP contribution in [0.15, 0.2) is 29.6 Å². The van der Waals surface area contributed by atoms with E-state index in [9.17, 15) is 22.0 Å². The molecule has 1 fully saturated rings. The molecule has 9 nitrogen and oxygen atoms in total. The number of carbonyl (C=O) groups excluding carboxylic acids is 1. The average molecular weight is 446 g/mol. The molecule has 3 heterocycles. The van der Waals surface area contributed by atoms with Crippen molar-refractivity contribution in [3.05, 3.63) is 30.2 Å². The number of likely N-dealkylation sites (tertiary alicyclic amines) is 1. The summed E-state index contributed by atoms with van der Waals surface area (Å²) in [6.07, 6.45) is 0.814. The maximum absolute atomic E-state index is 15.9. The molecular formula is C17H21F3N6O3S. The van der Waals surface area contributed by atoms with Gasteiger partial charge in [0.1, 0.15) is 5.69 Å². The number of sulfone groups is 1. The van der Waals surface area contributed by atoms with Gasteiger partial charge in [0.15, 0.2) is 5.03 Å². The molecule has 3 rings (SSSR count). The van der Waals surface area contributed by atoms with Crippen LogP contribution >= 0.6 is 0 Å². The minimum absolute atomic E-state index is 0.0911. The number of carbonyl (C=O) groups is 1. The maximum Gasteiger partial charge on any atom is 0.322 e. The summed E-state index contributed by atoms with van der Waals surface area (Å²) in [5, 5.41) is 9.62. The molecule has 2 atom stereocenters. The molecule has 0 aromatic carbocycles. The van der Waals surface area contributed by atoms with Crippen molar-refractivity contribution in [1.29, 1.82) is 0 Å². The smallest absolute Gasteiger partial charge is 0.317 e. The Kier molecular flexibility index (Phi) is 6.01. The van der Waals surface area contributed by atoms with Gasteiger partial charge in [0.25, 0.3) is 6.43 Å².